The van der Waals surface area contributed by atoms with Crippen LogP contribution in [0, 0.1) is 0 Å². The fourth-order valence-electron chi connectivity index (χ4n) is 3.53. The molecule has 5 nitrogen and oxygen atoms in total. The highest BCUT2D eigenvalue weighted by atomic mass is 35.5. The monoisotopic (exact) mass is 389 g/mol. The number of piperidine rings is 2. The lowest BCUT2D eigenvalue weighted by Gasteiger charge is -2.35. The number of carbonyl (C=O) groups is 1. The van der Waals surface area contributed by atoms with Gasteiger partial charge in [-0.2, -0.15) is 0 Å². The first kappa shape index (κ1) is 21.9. The highest BCUT2D eigenvalue weighted by Gasteiger charge is 2.26. The number of anilines is 1. The van der Waals surface area contributed by atoms with Gasteiger partial charge in [-0.05, 0) is 44.4 Å². The van der Waals surface area contributed by atoms with Crippen LogP contribution in [0.15, 0.2) is 24.3 Å². The van der Waals surface area contributed by atoms with Crippen molar-refractivity contribution in [1.29, 1.82) is 0 Å². The van der Waals surface area contributed by atoms with Gasteiger partial charge in [0, 0.05) is 19.1 Å². The first-order valence-corrected chi connectivity index (χ1v) is 8.69. The normalized spacial score (nSPS) is 20.8. The SMILES string of the molecule is COc1ccccc1N1CCC(NC(=O)[C@H]2CCCCN2)CC1.Cl.Cl. The van der Waals surface area contributed by atoms with E-state index in [1.165, 1.54) is 6.42 Å². The van der Waals surface area contributed by atoms with Crippen molar-refractivity contribution in [2.45, 2.75) is 44.2 Å². The first-order chi connectivity index (χ1) is 11.3. The molecule has 0 saturated carbocycles. The summed E-state index contributed by atoms with van der Waals surface area (Å²) in [6, 6.07) is 8.43. The molecule has 1 aromatic carbocycles. The summed E-state index contributed by atoms with van der Waals surface area (Å²) in [5.41, 5.74) is 1.15. The fourth-order valence-corrected chi connectivity index (χ4v) is 3.53. The molecule has 0 unspecified atom stereocenters. The van der Waals surface area contributed by atoms with Gasteiger partial charge in [-0.3, -0.25) is 4.79 Å². The molecule has 2 aliphatic heterocycles. The third kappa shape index (κ3) is 5.66. The number of methoxy groups -OCH3 is 1. The summed E-state index contributed by atoms with van der Waals surface area (Å²) in [6.07, 6.45) is 5.26. The molecule has 0 radical (unpaired) electrons. The molecule has 2 N–H and O–H groups in total. The number of nitrogens with zero attached hydrogens (tertiary/aromatic N) is 1. The van der Waals surface area contributed by atoms with Crippen molar-refractivity contribution < 1.29 is 9.53 Å². The molecule has 0 aliphatic carbocycles. The summed E-state index contributed by atoms with van der Waals surface area (Å²) in [7, 11) is 1.71. The Kier molecular flexibility index (Phi) is 9.39. The fraction of sp³-hybridized carbons (Fsp3) is 0.611. The molecular formula is C18H29Cl2N3O2. The molecule has 1 amide bonds. The summed E-state index contributed by atoms with van der Waals surface area (Å²) in [6.45, 7) is 2.86. The van der Waals surface area contributed by atoms with Crippen LogP contribution in [0.1, 0.15) is 32.1 Å². The van der Waals surface area contributed by atoms with Gasteiger partial charge in [0.1, 0.15) is 5.75 Å². The third-order valence-electron chi connectivity index (χ3n) is 4.89. The Labute approximate surface area is 162 Å². The number of para-hydroxylation sites is 2. The van der Waals surface area contributed by atoms with E-state index in [4.69, 9.17) is 4.74 Å². The molecule has 1 aromatic rings. The van der Waals surface area contributed by atoms with Gasteiger partial charge >= 0.3 is 0 Å². The minimum absolute atomic E-state index is 0. The Bertz CT molecular complexity index is 531. The van der Waals surface area contributed by atoms with Crippen LogP contribution < -0.4 is 20.3 Å². The lowest BCUT2D eigenvalue weighted by molar-refractivity contribution is -0.124. The molecule has 25 heavy (non-hydrogen) atoms. The maximum Gasteiger partial charge on any atom is 0.237 e. The van der Waals surface area contributed by atoms with Crippen LogP contribution >= 0.6 is 24.8 Å². The standard InChI is InChI=1S/C18H27N3O2.2ClH/c1-23-17-8-3-2-7-16(17)21-12-9-14(10-13-21)20-18(22)15-6-4-5-11-19-15;;/h2-3,7-8,14-15,19H,4-6,9-13H2,1H3,(H,20,22);2*1H/t15-;;/m1../s1. The van der Waals surface area contributed by atoms with Crippen molar-refractivity contribution in [3.63, 3.8) is 0 Å². The average Bonchev–Trinajstić information content (AvgIpc) is 2.63. The van der Waals surface area contributed by atoms with E-state index in [2.05, 4.69) is 21.6 Å². The van der Waals surface area contributed by atoms with E-state index in [0.29, 0.717) is 0 Å². The number of rotatable bonds is 4. The molecule has 2 fully saturated rings. The predicted molar refractivity (Wildman–Crippen MR) is 107 cm³/mol. The van der Waals surface area contributed by atoms with Gasteiger partial charge < -0.3 is 20.3 Å². The van der Waals surface area contributed by atoms with Crippen LogP contribution in [0.5, 0.6) is 5.75 Å². The number of carbonyl (C=O) groups excluding carboxylic acids is 1. The van der Waals surface area contributed by atoms with Crippen molar-refractivity contribution in [2.24, 2.45) is 0 Å². The molecule has 0 aromatic heterocycles. The van der Waals surface area contributed by atoms with Crippen molar-refractivity contribution in [3.05, 3.63) is 24.3 Å². The summed E-state index contributed by atoms with van der Waals surface area (Å²) >= 11 is 0. The average molecular weight is 390 g/mol. The summed E-state index contributed by atoms with van der Waals surface area (Å²) in [5, 5.41) is 6.55. The number of hydrogen-bond acceptors (Lipinski definition) is 4. The second-order valence-electron chi connectivity index (χ2n) is 6.44. The van der Waals surface area contributed by atoms with E-state index in [1.54, 1.807) is 7.11 Å². The van der Waals surface area contributed by atoms with E-state index in [0.717, 1.165) is 56.8 Å². The Hall–Kier alpha value is -1.17. The Morgan fingerprint density at radius 1 is 1.16 bits per heavy atom. The Morgan fingerprint density at radius 3 is 2.52 bits per heavy atom. The summed E-state index contributed by atoms with van der Waals surface area (Å²) in [5.74, 6) is 1.10. The number of benzene rings is 1. The third-order valence-corrected chi connectivity index (χ3v) is 4.89. The molecule has 0 spiro atoms. The minimum atomic E-state index is 0. The number of amides is 1. The maximum atomic E-state index is 12.3. The van der Waals surface area contributed by atoms with Crippen molar-refractivity contribution in [3.8, 4) is 5.75 Å². The molecule has 0 bridgehead atoms. The molecule has 142 valence electrons. The number of ether oxygens (including phenoxy) is 1. The highest BCUT2D eigenvalue weighted by Crippen LogP contribution is 2.29. The van der Waals surface area contributed by atoms with Gasteiger partial charge in [0.25, 0.3) is 0 Å². The molecule has 7 heteroatoms. The molecule has 1 atom stereocenters. The van der Waals surface area contributed by atoms with Crippen LogP contribution in [-0.4, -0.2) is 44.7 Å². The van der Waals surface area contributed by atoms with Crippen LogP contribution in [0.4, 0.5) is 5.69 Å². The highest BCUT2D eigenvalue weighted by molar-refractivity contribution is 5.85. The molecule has 2 heterocycles. The van der Waals surface area contributed by atoms with Gasteiger partial charge in [-0.1, -0.05) is 18.6 Å². The second kappa shape index (κ2) is 10.7. The topological polar surface area (TPSA) is 53.6 Å². The summed E-state index contributed by atoms with van der Waals surface area (Å²) < 4.78 is 5.45. The van der Waals surface area contributed by atoms with Crippen LogP contribution in [0.2, 0.25) is 0 Å². The summed E-state index contributed by atoms with van der Waals surface area (Å²) in [4.78, 5) is 14.7. The predicted octanol–water partition coefficient (Wildman–Crippen LogP) is 2.77. The van der Waals surface area contributed by atoms with Gasteiger partial charge in [0.05, 0.1) is 18.8 Å². The number of hydrogen-bond donors (Lipinski definition) is 2. The smallest absolute Gasteiger partial charge is 0.237 e. The number of halogens is 2. The lowest BCUT2D eigenvalue weighted by Crippen LogP contribution is -2.52. The quantitative estimate of drug-likeness (QED) is 0.830. The van der Waals surface area contributed by atoms with Gasteiger partial charge in [-0.15, -0.1) is 24.8 Å². The van der Waals surface area contributed by atoms with E-state index >= 15 is 0 Å². The Morgan fingerprint density at radius 2 is 1.88 bits per heavy atom. The molecule has 2 aliphatic rings. The zero-order valence-corrected chi connectivity index (χ0v) is 16.3. The van der Waals surface area contributed by atoms with E-state index in [9.17, 15) is 4.79 Å². The maximum absolute atomic E-state index is 12.3. The van der Waals surface area contributed by atoms with Gasteiger partial charge in [-0.25, -0.2) is 0 Å². The van der Waals surface area contributed by atoms with Crippen molar-refractivity contribution in [1.82, 2.24) is 10.6 Å². The van der Waals surface area contributed by atoms with E-state index < -0.39 is 0 Å². The van der Waals surface area contributed by atoms with Crippen molar-refractivity contribution >= 4 is 36.4 Å². The molecule has 3 rings (SSSR count). The van der Waals surface area contributed by atoms with Crippen molar-refractivity contribution in [2.75, 3.05) is 31.6 Å². The zero-order chi connectivity index (χ0) is 16.1. The van der Waals surface area contributed by atoms with E-state index in [1.807, 2.05) is 18.2 Å². The number of nitrogens with one attached hydrogen (secondary N) is 2. The molecular weight excluding hydrogens is 361 g/mol. The minimum Gasteiger partial charge on any atom is -0.495 e. The van der Waals surface area contributed by atoms with Crippen LogP contribution in [0.25, 0.3) is 0 Å². The lowest BCUT2D eigenvalue weighted by atomic mass is 10.0. The second-order valence-corrected chi connectivity index (χ2v) is 6.44. The Balaban J connectivity index is 0.00000156. The van der Waals surface area contributed by atoms with Gasteiger partial charge in [0.15, 0.2) is 0 Å². The van der Waals surface area contributed by atoms with Gasteiger partial charge in [0.2, 0.25) is 5.91 Å². The van der Waals surface area contributed by atoms with Crippen LogP contribution in [0.3, 0.4) is 0 Å². The van der Waals surface area contributed by atoms with E-state index in [-0.39, 0.29) is 42.8 Å². The van der Waals surface area contributed by atoms with Crippen LogP contribution in [-0.2, 0) is 4.79 Å². The first-order valence-electron chi connectivity index (χ1n) is 8.69. The molecule has 2 saturated heterocycles. The zero-order valence-electron chi connectivity index (χ0n) is 14.7. The largest absolute Gasteiger partial charge is 0.495 e.